The van der Waals surface area contributed by atoms with E-state index in [1.165, 1.54) is 0 Å². The molecule has 2 aromatic heterocycles. The molecular formula is C32H51ClN9O7+. The van der Waals surface area contributed by atoms with Crippen molar-refractivity contribution < 1.29 is 39.7 Å². The van der Waals surface area contributed by atoms with Crippen LogP contribution in [0.1, 0.15) is 72.6 Å². The number of aromatic nitrogens is 4. The van der Waals surface area contributed by atoms with Crippen LogP contribution in [0.3, 0.4) is 0 Å². The van der Waals surface area contributed by atoms with Crippen LogP contribution in [0.5, 0.6) is 0 Å². The fourth-order valence-electron chi connectivity index (χ4n) is 5.69. The van der Waals surface area contributed by atoms with E-state index >= 15 is 0 Å². The first-order chi connectivity index (χ1) is 23.4. The smallest absolute Gasteiger partial charge is 0.277 e. The van der Waals surface area contributed by atoms with Gasteiger partial charge in [0.25, 0.3) is 17.6 Å². The Labute approximate surface area is 290 Å². The maximum Gasteiger partial charge on any atom is 0.277 e. The molecule has 3 rings (SSSR count). The first-order valence-corrected chi connectivity index (χ1v) is 17.0. The Balaban J connectivity index is 1.68. The van der Waals surface area contributed by atoms with Crippen molar-refractivity contribution in [2.75, 3.05) is 50.9 Å². The second-order valence-electron chi connectivity index (χ2n) is 11.8. The Morgan fingerprint density at radius 1 is 0.939 bits per heavy atom. The van der Waals surface area contributed by atoms with Crippen molar-refractivity contribution in [2.24, 2.45) is 0 Å². The highest BCUT2D eigenvalue weighted by molar-refractivity contribution is 6.31. The predicted octanol–water partition coefficient (Wildman–Crippen LogP) is -0.444. The van der Waals surface area contributed by atoms with Crippen LogP contribution in [0.25, 0.3) is 11.0 Å². The van der Waals surface area contributed by atoms with Crippen LogP contribution >= 0.6 is 11.6 Å². The van der Waals surface area contributed by atoms with Crippen LogP contribution in [0.4, 0.5) is 11.6 Å². The average Bonchev–Trinajstić information content (AvgIpc) is 3.40. The summed E-state index contributed by atoms with van der Waals surface area (Å²) in [5.74, 6) is -0.198. The number of carbonyl (C=O) groups is 2. The molecule has 0 aliphatic rings. The van der Waals surface area contributed by atoms with Crippen molar-refractivity contribution >= 4 is 46.1 Å². The molecule has 0 saturated heterocycles. The van der Waals surface area contributed by atoms with Gasteiger partial charge in [0.05, 0.1) is 38.5 Å². The molecule has 3 atom stereocenters. The maximum absolute atomic E-state index is 13.3. The fraction of sp³-hybridized carbons (Fsp3) is 0.594. The number of carbonyl (C=O) groups excluding carboxylic acids is 2. The van der Waals surface area contributed by atoms with Crippen molar-refractivity contribution in [3.05, 3.63) is 40.4 Å². The van der Waals surface area contributed by atoms with E-state index in [9.17, 15) is 24.9 Å². The minimum Gasteiger partial charge on any atom is -0.394 e. The summed E-state index contributed by atoms with van der Waals surface area (Å²) in [6.07, 6.45) is -0.111. The van der Waals surface area contributed by atoms with Crippen molar-refractivity contribution in [1.29, 1.82) is 0 Å². The molecule has 0 fully saturated rings. The largest absolute Gasteiger partial charge is 0.394 e. The Hall–Kier alpha value is -3.64. The quantitative estimate of drug-likeness (QED) is 0.0505. The Morgan fingerprint density at radius 3 is 2.35 bits per heavy atom. The number of nitrogens with two attached hydrogens (primary N) is 2. The van der Waals surface area contributed by atoms with E-state index in [-0.39, 0.29) is 41.5 Å². The van der Waals surface area contributed by atoms with E-state index in [2.05, 4.69) is 30.1 Å². The molecule has 16 nitrogen and oxygen atoms in total. The molecule has 0 bridgehead atoms. The lowest BCUT2D eigenvalue weighted by Gasteiger charge is -2.24. The van der Waals surface area contributed by atoms with Gasteiger partial charge < -0.3 is 52.5 Å². The number of halogens is 1. The lowest BCUT2D eigenvalue weighted by molar-refractivity contribution is -0.676. The van der Waals surface area contributed by atoms with E-state index < -0.39 is 30.8 Å². The Kier molecular flexibility index (Phi) is 15.9. The molecular weight excluding hydrogens is 658 g/mol. The molecule has 3 aromatic rings. The van der Waals surface area contributed by atoms with E-state index in [0.29, 0.717) is 64.1 Å². The van der Waals surface area contributed by atoms with E-state index in [1.807, 2.05) is 30.5 Å². The summed E-state index contributed by atoms with van der Waals surface area (Å²) in [5.41, 5.74) is 13.6. The average molecular weight is 709 g/mol. The predicted molar refractivity (Wildman–Crippen MR) is 185 cm³/mol. The van der Waals surface area contributed by atoms with Gasteiger partial charge >= 0.3 is 0 Å². The summed E-state index contributed by atoms with van der Waals surface area (Å²) >= 11 is 5.95. The molecule has 2 heterocycles. The zero-order chi connectivity index (χ0) is 36.1. The summed E-state index contributed by atoms with van der Waals surface area (Å²) < 4.78 is 4.08. The third kappa shape index (κ3) is 10.9. The number of amides is 2. The number of aliphatic hydroxyl groups is 5. The monoisotopic (exact) mass is 708 g/mol. The third-order valence-corrected chi connectivity index (χ3v) is 8.67. The van der Waals surface area contributed by atoms with Gasteiger partial charge in [-0.3, -0.25) is 9.59 Å². The minimum atomic E-state index is -1.19. The number of nitrogen functional groups attached to an aromatic ring is 2. The standard InChI is InChI=1S/C32H50ClN9O7/c1-3-41-22-11-10-20(16-23(22)42(4-2)26(41)17-37-32(49)27-29(34)39-30(35)28(33)38-27)31(48)36-12-15-40(13-6-5-8-21(45)18-43)14-7-9-24(46)25(47)19-44/h10-11,16,21,24-25,43-47H,3-9,12-15,17-19H2,1-2H3,(H5-,34,35,36,37,39,48,49)/p+1/t21-,24-,25+/m0/s1. The number of imidazole rings is 1. The first kappa shape index (κ1) is 39.8. The van der Waals surface area contributed by atoms with Gasteiger partial charge in [-0.25, -0.2) is 19.1 Å². The van der Waals surface area contributed by atoms with E-state index in [0.717, 1.165) is 29.7 Å². The summed E-state index contributed by atoms with van der Waals surface area (Å²) in [4.78, 5) is 36.2. The molecule has 11 N–H and O–H groups in total. The lowest BCUT2D eigenvalue weighted by Crippen LogP contribution is -2.40. The molecule has 272 valence electrons. The second kappa shape index (κ2) is 19.5. The molecule has 2 amide bonds. The van der Waals surface area contributed by atoms with Gasteiger partial charge in [-0.15, -0.1) is 0 Å². The molecule has 0 spiro atoms. The molecule has 49 heavy (non-hydrogen) atoms. The van der Waals surface area contributed by atoms with Gasteiger partial charge in [0.2, 0.25) is 0 Å². The normalized spacial score (nSPS) is 13.5. The van der Waals surface area contributed by atoms with Gasteiger partial charge in [0.1, 0.15) is 12.6 Å². The third-order valence-electron chi connectivity index (χ3n) is 8.39. The van der Waals surface area contributed by atoms with Crippen LogP contribution in [0, 0.1) is 0 Å². The highest BCUT2D eigenvalue weighted by atomic mass is 35.5. The highest BCUT2D eigenvalue weighted by Gasteiger charge is 2.26. The summed E-state index contributed by atoms with van der Waals surface area (Å²) in [5, 5.41) is 53.2. The van der Waals surface area contributed by atoms with Crippen LogP contribution in [-0.2, 0) is 19.6 Å². The van der Waals surface area contributed by atoms with Gasteiger partial charge in [0.15, 0.2) is 33.5 Å². The zero-order valence-corrected chi connectivity index (χ0v) is 28.9. The number of anilines is 2. The second-order valence-corrected chi connectivity index (χ2v) is 12.2. The van der Waals surface area contributed by atoms with Crippen molar-refractivity contribution in [2.45, 2.75) is 83.9 Å². The van der Waals surface area contributed by atoms with Crippen LogP contribution in [0.15, 0.2) is 18.2 Å². The Morgan fingerprint density at radius 2 is 1.67 bits per heavy atom. The summed E-state index contributed by atoms with van der Waals surface area (Å²) in [6, 6.07) is 5.47. The molecule has 17 heteroatoms. The van der Waals surface area contributed by atoms with Crippen molar-refractivity contribution in [3.8, 4) is 0 Å². The summed E-state index contributed by atoms with van der Waals surface area (Å²) in [7, 11) is 0. The number of aryl methyl sites for hydroxylation is 2. The number of hydrogen-bond acceptors (Lipinski definition) is 12. The van der Waals surface area contributed by atoms with Gasteiger partial charge in [-0.05, 0) is 71.2 Å². The van der Waals surface area contributed by atoms with Crippen LogP contribution in [-0.4, -0.2) is 114 Å². The number of rotatable bonds is 21. The molecule has 0 saturated carbocycles. The molecule has 0 aliphatic heterocycles. The minimum absolute atomic E-state index is 0.0674. The number of hydrogen-bond donors (Lipinski definition) is 9. The van der Waals surface area contributed by atoms with Gasteiger partial charge in [-0.2, -0.15) is 0 Å². The topological polar surface area (TPSA) is 249 Å². The van der Waals surface area contributed by atoms with E-state index in [4.69, 9.17) is 33.3 Å². The van der Waals surface area contributed by atoms with Crippen molar-refractivity contribution in [3.63, 3.8) is 0 Å². The lowest BCUT2D eigenvalue weighted by atomic mass is 10.1. The molecule has 0 aliphatic carbocycles. The number of unbranched alkanes of at least 4 members (excludes halogenated alkanes) is 1. The SMILES string of the molecule is CCn1c(CNC(=O)c2nc(Cl)c(N)nc2N)[n+](CC)c2ccc(C(=O)NCCN(CCCC[C@H](O)CO)CCC[C@H](O)[C@H](O)CO)cc21. The number of nitrogens with one attached hydrogen (secondary N) is 2. The van der Waals surface area contributed by atoms with E-state index in [1.54, 1.807) is 6.07 Å². The number of fused-ring (bicyclic) bond motifs is 1. The Bertz CT molecular complexity index is 1540. The maximum atomic E-state index is 13.3. The van der Waals surface area contributed by atoms with Crippen molar-refractivity contribution in [1.82, 2.24) is 30.1 Å². The summed E-state index contributed by atoms with van der Waals surface area (Å²) in [6.45, 7) is 6.68. The van der Waals surface area contributed by atoms with Crippen LogP contribution in [0.2, 0.25) is 5.15 Å². The van der Waals surface area contributed by atoms with Gasteiger partial charge in [0, 0.05) is 24.7 Å². The molecule has 1 aromatic carbocycles. The molecule has 0 unspecified atom stereocenters. The number of aliphatic hydroxyl groups excluding tert-OH is 5. The number of nitrogens with zero attached hydrogens (tertiary/aromatic N) is 5. The number of benzene rings is 1. The van der Waals surface area contributed by atoms with Crippen LogP contribution < -0.4 is 26.7 Å². The molecule has 0 radical (unpaired) electrons. The highest BCUT2D eigenvalue weighted by Crippen LogP contribution is 2.19. The first-order valence-electron chi connectivity index (χ1n) is 16.6. The fourth-order valence-corrected chi connectivity index (χ4v) is 5.82. The van der Waals surface area contributed by atoms with Gasteiger partial charge in [-0.1, -0.05) is 11.6 Å². The zero-order valence-electron chi connectivity index (χ0n) is 28.2.